The molecule has 0 aliphatic rings. The second kappa shape index (κ2) is 8.87. The molecule has 0 saturated carbocycles. The number of rotatable bonds is 6. The van der Waals surface area contributed by atoms with Crippen LogP contribution in [0.4, 0.5) is 5.69 Å². The number of hydrogen-bond acceptors (Lipinski definition) is 4. The molecule has 0 aliphatic heterocycles. The molecule has 0 unspecified atom stereocenters. The number of benzene rings is 3. The predicted octanol–water partition coefficient (Wildman–Crippen LogP) is 4.93. The van der Waals surface area contributed by atoms with E-state index in [2.05, 4.69) is 5.32 Å². The third-order valence-corrected chi connectivity index (χ3v) is 3.88. The summed E-state index contributed by atoms with van der Waals surface area (Å²) in [6, 6.07) is 22.6. The van der Waals surface area contributed by atoms with Crippen LogP contribution in [0, 0.1) is 0 Å². The first kappa shape index (κ1) is 18.5. The molecule has 0 atom stereocenters. The summed E-state index contributed by atoms with van der Waals surface area (Å²) in [6.07, 6.45) is 0. The average Bonchev–Trinajstić information content (AvgIpc) is 2.69. The normalized spacial score (nSPS) is 10.1. The Morgan fingerprint density at radius 3 is 2.15 bits per heavy atom. The van der Waals surface area contributed by atoms with Crippen molar-refractivity contribution in [3.05, 3.63) is 89.4 Å². The van der Waals surface area contributed by atoms with Crippen LogP contribution < -0.4 is 10.1 Å². The van der Waals surface area contributed by atoms with Crippen molar-refractivity contribution >= 4 is 29.2 Å². The maximum absolute atomic E-state index is 12.1. The first-order valence-electron chi connectivity index (χ1n) is 8.16. The lowest BCUT2D eigenvalue weighted by Gasteiger charge is -2.09. The molecule has 27 heavy (non-hydrogen) atoms. The first-order chi connectivity index (χ1) is 13.1. The van der Waals surface area contributed by atoms with Gasteiger partial charge in [0.1, 0.15) is 11.5 Å². The summed E-state index contributed by atoms with van der Waals surface area (Å²) in [5.41, 5.74) is 0.781. The minimum atomic E-state index is -0.601. The monoisotopic (exact) mass is 381 g/mol. The molecule has 6 heteroatoms. The van der Waals surface area contributed by atoms with E-state index in [0.717, 1.165) is 0 Å². The predicted molar refractivity (Wildman–Crippen MR) is 103 cm³/mol. The van der Waals surface area contributed by atoms with E-state index in [0.29, 0.717) is 27.8 Å². The molecule has 0 radical (unpaired) electrons. The Hall–Kier alpha value is -3.31. The van der Waals surface area contributed by atoms with Crippen LogP contribution in [-0.2, 0) is 9.53 Å². The average molecular weight is 382 g/mol. The van der Waals surface area contributed by atoms with Gasteiger partial charge in [-0.05, 0) is 48.5 Å². The highest BCUT2D eigenvalue weighted by atomic mass is 35.5. The van der Waals surface area contributed by atoms with Gasteiger partial charge in [0.15, 0.2) is 6.61 Å². The van der Waals surface area contributed by atoms with Gasteiger partial charge in [-0.1, -0.05) is 41.9 Å². The van der Waals surface area contributed by atoms with Crippen molar-refractivity contribution in [3.63, 3.8) is 0 Å². The van der Waals surface area contributed by atoms with E-state index >= 15 is 0 Å². The fourth-order valence-electron chi connectivity index (χ4n) is 2.25. The number of para-hydroxylation sites is 2. The molecule has 0 heterocycles. The van der Waals surface area contributed by atoms with Crippen LogP contribution in [0.25, 0.3) is 0 Å². The zero-order valence-electron chi connectivity index (χ0n) is 14.2. The number of amides is 1. The van der Waals surface area contributed by atoms with Gasteiger partial charge in [-0.15, -0.1) is 0 Å². The second-order valence-corrected chi connectivity index (χ2v) is 5.95. The number of hydrogen-bond donors (Lipinski definition) is 1. The highest BCUT2D eigenvalue weighted by Gasteiger charge is 2.11. The lowest BCUT2D eigenvalue weighted by Crippen LogP contribution is -2.21. The fourth-order valence-corrected chi connectivity index (χ4v) is 2.43. The maximum atomic E-state index is 12.1. The van der Waals surface area contributed by atoms with Crippen LogP contribution in [0.3, 0.4) is 0 Å². The molecule has 136 valence electrons. The molecule has 0 aliphatic carbocycles. The van der Waals surface area contributed by atoms with Crippen molar-refractivity contribution in [1.29, 1.82) is 0 Å². The van der Waals surface area contributed by atoms with Gasteiger partial charge in [0.25, 0.3) is 5.91 Å². The van der Waals surface area contributed by atoms with Crippen LogP contribution in [0.1, 0.15) is 10.4 Å². The molecule has 0 aromatic heterocycles. The smallest absolute Gasteiger partial charge is 0.338 e. The van der Waals surface area contributed by atoms with Gasteiger partial charge in [-0.25, -0.2) is 4.79 Å². The fraction of sp³-hybridized carbons (Fsp3) is 0.0476. The standard InChI is InChI=1S/C21H16ClNO4/c22-18-8-4-5-9-19(18)23-20(24)14-26-21(25)15-10-12-17(13-11-15)27-16-6-2-1-3-7-16/h1-13H,14H2,(H,23,24). The van der Waals surface area contributed by atoms with Crippen molar-refractivity contribution in [3.8, 4) is 11.5 Å². The van der Waals surface area contributed by atoms with E-state index in [1.807, 2.05) is 30.3 Å². The van der Waals surface area contributed by atoms with E-state index < -0.39 is 18.5 Å². The van der Waals surface area contributed by atoms with Gasteiger partial charge < -0.3 is 14.8 Å². The van der Waals surface area contributed by atoms with Crippen molar-refractivity contribution in [2.24, 2.45) is 0 Å². The number of ether oxygens (including phenoxy) is 2. The number of anilines is 1. The van der Waals surface area contributed by atoms with Crippen molar-refractivity contribution in [2.75, 3.05) is 11.9 Å². The first-order valence-corrected chi connectivity index (χ1v) is 8.54. The molecule has 3 rings (SSSR count). The quantitative estimate of drug-likeness (QED) is 0.615. The van der Waals surface area contributed by atoms with Crippen LogP contribution in [0.5, 0.6) is 11.5 Å². The lowest BCUT2D eigenvalue weighted by atomic mass is 10.2. The molecular weight excluding hydrogens is 366 g/mol. The maximum Gasteiger partial charge on any atom is 0.338 e. The number of esters is 1. The molecule has 0 fully saturated rings. The SMILES string of the molecule is O=C(COC(=O)c1ccc(Oc2ccccc2)cc1)Nc1ccccc1Cl. The molecular formula is C21H16ClNO4. The molecule has 5 nitrogen and oxygen atoms in total. The van der Waals surface area contributed by atoms with E-state index in [1.165, 1.54) is 0 Å². The molecule has 0 bridgehead atoms. The van der Waals surface area contributed by atoms with Gasteiger partial charge >= 0.3 is 5.97 Å². The summed E-state index contributed by atoms with van der Waals surface area (Å²) >= 11 is 5.97. The Balaban J connectivity index is 1.52. The summed E-state index contributed by atoms with van der Waals surface area (Å²) in [7, 11) is 0. The number of nitrogens with one attached hydrogen (secondary N) is 1. The van der Waals surface area contributed by atoms with Crippen molar-refractivity contribution in [1.82, 2.24) is 0 Å². The molecule has 0 saturated heterocycles. The molecule has 3 aromatic carbocycles. The summed E-state index contributed by atoms with van der Waals surface area (Å²) in [5, 5.41) is 2.99. The van der Waals surface area contributed by atoms with Crippen LogP contribution in [0.2, 0.25) is 5.02 Å². The van der Waals surface area contributed by atoms with Gasteiger partial charge in [0.2, 0.25) is 0 Å². The summed E-state index contributed by atoms with van der Waals surface area (Å²) in [5.74, 6) is 0.217. The molecule has 3 aromatic rings. The highest BCUT2D eigenvalue weighted by molar-refractivity contribution is 6.33. The Kier molecular flexibility index (Phi) is 6.07. The Morgan fingerprint density at radius 2 is 1.44 bits per heavy atom. The van der Waals surface area contributed by atoms with Crippen molar-refractivity contribution < 1.29 is 19.1 Å². The minimum Gasteiger partial charge on any atom is -0.457 e. The topological polar surface area (TPSA) is 64.6 Å². The Morgan fingerprint density at radius 1 is 0.815 bits per heavy atom. The van der Waals surface area contributed by atoms with E-state index in [-0.39, 0.29) is 0 Å². The lowest BCUT2D eigenvalue weighted by molar-refractivity contribution is -0.119. The second-order valence-electron chi connectivity index (χ2n) is 5.54. The number of halogens is 1. The van der Waals surface area contributed by atoms with Gasteiger partial charge in [0.05, 0.1) is 16.3 Å². The third-order valence-electron chi connectivity index (χ3n) is 3.55. The van der Waals surface area contributed by atoms with Crippen LogP contribution >= 0.6 is 11.6 Å². The van der Waals surface area contributed by atoms with E-state index in [9.17, 15) is 9.59 Å². The van der Waals surface area contributed by atoms with E-state index in [1.54, 1.807) is 48.5 Å². The molecule has 1 amide bonds. The summed E-state index contributed by atoms with van der Waals surface area (Å²) < 4.78 is 10.7. The summed E-state index contributed by atoms with van der Waals surface area (Å²) in [4.78, 5) is 24.0. The third kappa shape index (κ3) is 5.33. The van der Waals surface area contributed by atoms with Gasteiger partial charge in [-0.3, -0.25) is 4.79 Å². The minimum absolute atomic E-state index is 0.320. The number of carbonyl (C=O) groups is 2. The van der Waals surface area contributed by atoms with Crippen LogP contribution in [-0.4, -0.2) is 18.5 Å². The summed E-state index contributed by atoms with van der Waals surface area (Å²) in [6.45, 7) is -0.410. The molecule has 1 N–H and O–H groups in total. The number of carbonyl (C=O) groups excluding carboxylic acids is 2. The van der Waals surface area contributed by atoms with E-state index in [4.69, 9.17) is 21.1 Å². The highest BCUT2D eigenvalue weighted by Crippen LogP contribution is 2.22. The van der Waals surface area contributed by atoms with Crippen molar-refractivity contribution in [2.45, 2.75) is 0 Å². The van der Waals surface area contributed by atoms with Gasteiger partial charge in [0, 0.05) is 0 Å². The van der Waals surface area contributed by atoms with Crippen LogP contribution in [0.15, 0.2) is 78.9 Å². The molecule has 0 spiro atoms. The largest absolute Gasteiger partial charge is 0.457 e. The Bertz CT molecular complexity index is 926. The Labute approximate surface area is 161 Å². The zero-order chi connectivity index (χ0) is 19.1. The van der Waals surface area contributed by atoms with Gasteiger partial charge in [-0.2, -0.15) is 0 Å². The zero-order valence-corrected chi connectivity index (χ0v) is 15.0.